The first-order valence-electron chi connectivity index (χ1n) is 8.22. The van der Waals surface area contributed by atoms with Gasteiger partial charge in [-0.3, -0.25) is 0 Å². The molecule has 23 heavy (non-hydrogen) atoms. The Labute approximate surface area is 138 Å². The summed E-state index contributed by atoms with van der Waals surface area (Å²) in [5.41, 5.74) is 7.52. The van der Waals surface area contributed by atoms with Gasteiger partial charge in [0, 0.05) is 32.5 Å². The van der Waals surface area contributed by atoms with Crippen LogP contribution in [-0.2, 0) is 11.3 Å². The van der Waals surface area contributed by atoms with Crippen LogP contribution in [-0.4, -0.2) is 35.8 Å². The molecular weight excluding hydrogens is 292 g/mol. The molecule has 1 saturated heterocycles. The molecule has 0 aliphatic carbocycles. The molecule has 0 saturated carbocycles. The monoisotopic (exact) mass is 320 g/mol. The molecule has 0 atom stereocenters. The Morgan fingerprint density at radius 1 is 1.30 bits per heavy atom. The van der Waals surface area contributed by atoms with Crippen molar-refractivity contribution in [3.63, 3.8) is 0 Å². The Morgan fingerprint density at radius 2 is 1.96 bits per heavy atom. The number of benzene rings is 1. The van der Waals surface area contributed by atoms with Gasteiger partial charge >= 0.3 is 6.09 Å². The Hall–Kier alpha value is -1.75. The second kappa shape index (κ2) is 7.21. The minimum Gasteiger partial charge on any atom is -0.490 e. The van der Waals surface area contributed by atoms with Crippen molar-refractivity contribution in [1.82, 2.24) is 4.90 Å². The number of amides is 1. The van der Waals surface area contributed by atoms with Crippen molar-refractivity contribution >= 4 is 6.09 Å². The van der Waals surface area contributed by atoms with Gasteiger partial charge in [-0.25, -0.2) is 4.79 Å². The van der Waals surface area contributed by atoms with E-state index in [1.165, 1.54) is 0 Å². The van der Waals surface area contributed by atoms with Crippen LogP contribution in [0.2, 0.25) is 0 Å². The predicted molar refractivity (Wildman–Crippen MR) is 90.5 cm³/mol. The van der Waals surface area contributed by atoms with Crippen LogP contribution in [0.4, 0.5) is 4.79 Å². The number of carbonyl (C=O) groups excluding carboxylic acids is 1. The molecule has 1 aliphatic rings. The van der Waals surface area contributed by atoms with E-state index in [9.17, 15) is 4.79 Å². The van der Waals surface area contributed by atoms with E-state index in [1.807, 2.05) is 45.9 Å². The minimum atomic E-state index is -0.452. The lowest BCUT2D eigenvalue weighted by Crippen LogP contribution is -2.44. The average molecular weight is 320 g/mol. The van der Waals surface area contributed by atoms with Gasteiger partial charge in [-0.1, -0.05) is 6.07 Å². The third-order valence-electron chi connectivity index (χ3n) is 3.93. The number of carbonyl (C=O) groups is 1. The second-order valence-corrected chi connectivity index (χ2v) is 7.08. The van der Waals surface area contributed by atoms with Gasteiger partial charge in [0.25, 0.3) is 0 Å². The molecule has 1 aromatic carbocycles. The third kappa shape index (κ3) is 5.13. The number of ether oxygens (including phenoxy) is 2. The third-order valence-corrected chi connectivity index (χ3v) is 3.93. The normalized spacial score (nSPS) is 16.3. The highest BCUT2D eigenvalue weighted by Crippen LogP contribution is 2.22. The number of hydrogen-bond acceptors (Lipinski definition) is 4. The predicted octanol–water partition coefficient (Wildman–Crippen LogP) is 3.23. The van der Waals surface area contributed by atoms with Crippen LogP contribution in [0.15, 0.2) is 18.2 Å². The Balaban J connectivity index is 1.85. The largest absolute Gasteiger partial charge is 0.490 e. The summed E-state index contributed by atoms with van der Waals surface area (Å²) in [6.45, 7) is 9.57. The molecular formula is C18H28N2O3. The van der Waals surface area contributed by atoms with Crippen molar-refractivity contribution in [2.45, 2.75) is 58.8 Å². The van der Waals surface area contributed by atoms with Gasteiger partial charge in [-0.05, 0) is 51.0 Å². The zero-order valence-electron chi connectivity index (χ0n) is 14.6. The molecule has 1 aliphatic heterocycles. The maximum atomic E-state index is 12.0. The molecule has 1 fully saturated rings. The van der Waals surface area contributed by atoms with E-state index in [-0.39, 0.29) is 12.2 Å². The van der Waals surface area contributed by atoms with Gasteiger partial charge in [0.15, 0.2) is 0 Å². The average Bonchev–Trinajstić information content (AvgIpc) is 2.46. The summed E-state index contributed by atoms with van der Waals surface area (Å²) < 4.78 is 11.5. The molecule has 0 bridgehead atoms. The summed E-state index contributed by atoms with van der Waals surface area (Å²) in [5.74, 6) is 0.871. The van der Waals surface area contributed by atoms with Crippen LogP contribution in [0.5, 0.6) is 5.75 Å². The van der Waals surface area contributed by atoms with Gasteiger partial charge in [-0.2, -0.15) is 0 Å². The van der Waals surface area contributed by atoms with E-state index in [1.54, 1.807) is 4.90 Å². The summed E-state index contributed by atoms with van der Waals surface area (Å²) in [6, 6.07) is 6.01. The highest BCUT2D eigenvalue weighted by Gasteiger charge is 2.27. The van der Waals surface area contributed by atoms with Crippen molar-refractivity contribution in [1.29, 1.82) is 0 Å². The smallest absolute Gasteiger partial charge is 0.410 e. The lowest BCUT2D eigenvalue weighted by atomic mass is 10.1. The molecule has 0 unspecified atom stereocenters. The van der Waals surface area contributed by atoms with Gasteiger partial charge in [0.2, 0.25) is 0 Å². The fourth-order valence-corrected chi connectivity index (χ4v) is 2.65. The van der Waals surface area contributed by atoms with E-state index >= 15 is 0 Å². The quantitative estimate of drug-likeness (QED) is 0.928. The molecule has 2 rings (SSSR count). The van der Waals surface area contributed by atoms with Crippen molar-refractivity contribution in [3.05, 3.63) is 29.3 Å². The standard InChI is InChI=1S/C18H28N2O3/c1-13-11-16(6-5-14(13)12-19)22-15-7-9-20(10-8-15)17(21)23-18(2,3)4/h5-6,11,15H,7-10,12,19H2,1-4H3. The zero-order valence-corrected chi connectivity index (χ0v) is 14.6. The van der Waals surface area contributed by atoms with Gasteiger partial charge in [0.1, 0.15) is 17.5 Å². The number of likely N-dealkylation sites (tertiary alicyclic amines) is 1. The summed E-state index contributed by atoms with van der Waals surface area (Å²) in [6.07, 6.45) is 1.53. The molecule has 0 spiro atoms. The van der Waals surface area contributed by atoms with Crippen LogP contribution in [0.25, 0.3) is 0 Å². The van der Waals surface area contributed by atoms with E-state index in [0.29, 0.717) is 19.6 Å². The van der Waals surface area contributed by atoms with Crippen LogP contribution >= 0.6 is 0 Å². The van der Waals surface area contributed by atoms with E-state index in [2.05, 4.69) is 0 Å². The molecule has 5 nitrogen and oxygen atoms in total. The van der Waals surface area contributed by atoms with E-state index in [4.69, 9.17) is 15.2 Å². The van der Waals surface area contributed by atoms with Crippen LogP contribution in [0.3, 0.4) is 0 Å². The van der Waals surface area contributed by atoms with Crippen LogP contribution in [0, 0.1) is 6.92 Å². The summed E-state index contributed by atoms with van der Waals surface area (Å²) >= 11 is 0. The van der Waals surface area contributed by atoms with E-state index < -0.39 is 5.60 Å². The first-order valence-corrected chi connectivity index (χ1v) is 8.22. The number of rotatable bonds is 3. The van der Waals surface area contributed by atoms with Crippen LogP contribution in [0.1, 0.15) is 44.7 Å². The lowest BCUT2D eigenvalue weighted by molar-refractivity contribution is 0.0126. The Bertz CT molecular complexity index is 544. The maximum absolute atomic E-state index is 12.0. The number of aryl methyl sites for hydroxylation is 1. The molecule has 0 aromatic heterocycles. The van der Waals surface area contributed by atoms with Crippen molar-refractivity contribution < 1.29 is 14.3 Å². The fourth-order valence-electron chi connectivity index (χ4n) is 2.65. The fraction of sp³-hybridized carbons (Fsp3) is 0.611. The van der Waals surface area contributed by atoms with Gasteiger partial charge in [-0.15, -0.1) is 0 Å². The zero-order chi connectivity index (χ0) is 17.0. The number of nitrogens with zero attached hydrogens (tertiary/aromatic N) is 1. The SMILES string of the molecule is Cc1cc(OC2CCN(C(=O)OC(C)(C)C)CC2)ccc1CN. The summed E-state index contributed by atoms with van der Waals surface area (Å²) in [4.78, 5) is 13.8. The van der Waals surface area contributed by atoms with Gasteiger partial charge < -0.3 is 20.1 Å². The maximum Gasteiger partial charge on any atom is 0.410 e. The molecule has 5 heteroatoms. The first kappa shape index (κ1) is 17.6. The highest BCUT2D eigenvalue weighted by atomic mass is 16.6. The first-order chi connectivity index (χ1) is 10.8. The van der Waals surface area contributed by atoms with Gasteiger partial charge in [0.05, 0.1) is 0 Å². The molecule has 1 heterocycles. The Morgan fingerprint density at radius 3 is 2.48 bits per heavy atom. The topological polar surface area (TPSA) is 64.8 Å². The number of piperidine rings is 1. The summed E-state index contributed by atoms with van der Waals surface area (Å²) in [5, 5.41) is 0. The van der Waals surface area contributed by atoms with E-state index in [0.717, 1.165) is 29.7 Å². The van der Waals surface area contributed by atoms with Crippen molar-refractivity contribution in [2.75, 3.05) is 13.1 Å². The van der Waals surface area contributed by atoms with Crippen molar-refractivity contribution in [3.8, 4) is 5.75 Å². The molecule has 0 radical (unpaired) electrons. The number of hydrogen-bond donors (Lipinski definition) is 1. The number of nitrogens with two attached hydrogens (primary N) is 1. The van der Waals surface area contributed by atoms with Crippen LogP contribution < -0.4 is 10.5 Å². The Kier molecular flexibility index (Phi) is 5.52. The molecule has 2 N–H and O–H groups in total. The second-order valence-electron chi connectivity index (χ2n) is 7.08. The summed E-state index contributed by atoms with van der Waals surface area (Å²) in [7, 11) is 0. The molecule has 1 aromatic rings. The van der Waals surface area contributed by atoms with Crippen molar-refractivity contribution in [2.24, 2.45) is 5.73 Å². The highest BCUT2D eigenvalue weighted by molar-refractivity contribution is 5.68. The molecule has 128 valence electrons. The minimum absolute atomic E-state index is 0.136. The lowest BCUT2D eigenvalue weighted by Gasteiger charge is -2.33. The molecule has 1 amide bonds.